The number of fused-ring (bicyclic) bond motifs is 5. The van der Waals surface area contributed by atoms with Crippen LogP contribution >= 0.6 is 0 Å². The zero-order valence-corrected chi connectivity index (χ0v) is 28.0. The third-order valence-corrected chi connectivity index (χ3v) is 14.1. The van der Waals surface area contributed by atoms with E-state index in [1.807, 2.05) is 13.8 Å². The molecule has 0 aromatic carbocycles. The molecule has 5 fully saturated rings. The average Bonchev–Trinajstić information content (AvgIpc) is 3.44. The minimum atomic E-state index is -1.17. The standard InChI is InChI=1S/C35H56O8/c1-20(36)41-22-18-24-32(6)14-12-25(42-28(39)19-27(37)38)30(2,3)23(32)11-16-33(24,7)34(8)15-10-21(29(22)34)35(9)17-13-26(43-35)31(4,5)40/h21-26,29,40H,10-19H2,1-9H3,(H,37,38)/t21?,22-,23-,24-,25-,26-,29+,32+,33-,34-,35+/m1/s1. The van der Waals surface area contributed by atoms with Crippen molar-refractivity contribution in [2.45, 2.75) is 156 Å². The van der Waals surface area contributed by atoms with Crippen LogP contribution in [0.4, 0.5) is 0 Å². The SMILES string of the molecule is CC(=O)O[C@@H]1C[C@@H]2[C@@]3(C)CC[C@@H](OC(=O)CC(=O)O)C(C)(C)[C@H]3CC[C@@]2(C)[C@]2(C)CCC([C@]3(C)CC[C@H](C(C)(C)O)O3)[C@@H]12. The fourth-order valence-corrected chi connectivity index (χ4v) is 11.9. The number of carbonyl (C=O) groups is 3. The molecule has 244 valence electrons. The summed E-state index contributed by atoms with van der Waals surface area (Å²) < 4.78 is 18.9. The molecule has 1 unspecified atom stereocenters. The van der Waals surface area contributed by atoms with Crippen LogP contribution in [0.1, 0.15) is 127 Å². The summed E-state index contributed by atoms with van der Waals surface area (Å²) in [6, 6.07) is 0. The number of carboxylic acids is 1. The summed E-state index contributed by atoms with van der Waals surface area (Å²) in [4.78, 5) is 36.2. The summed E-state index contributed by atoms with van der Waals surface area (Å²) in [7, 11) is 0. The van der Waals surface area contributed by atoms with Gasteiger partial charge in [-0.3, -0.25) is 14.4 Å². The van der Waals surface area contributed by atoms with E-state index in [0.29, 0.717) is 12.3 Å². The van der Waals surface area contributed by atoms with E-state index in [-0.39, 0.29) is 69.3 Å². The van der Waals surface area contributed by atoms with Crippen LogP contribution < -0.4 is 0 Å². The molecule has 5 aliphatic rings. The number of carboxylic acid groups (broad SMARTS) is 1. The molecule has 1 heterocycles. The Labute approximate surface area is 258 Å². The van der Waals surface area contributed by atoms with E-state index in [1.165, 1.54) is 6.92 Å². The van der Waals surface area contributed by atoms with Gasteiger partial charge in [0, 0.05) is 18.3 Å². The Morgan fingerprint density at radius 3 is 2.09 bits per heavy atom. The number of rotatable bonds is 6. The fraction of sp³-hybridized carbons (Fsp3) is 0.914. The number of ether oxygens (including phenoxy) is 3. The molecule has 2 N–H and O–H groups in total. The summed E-state index contributed by atoms with van der Waals surface area (Å²) in [5, 5.41) is 19.9. The Bertz CT molecular complexity index is 1140. The molecule has 4 saturated carbocycles. The summed E-state index contributed by atoms with van der Waals surface area (Å²) in [5.74, 6) is -1.05. The molecule has 8 nitrogen and oxygen atoms in total. The molecule has 0 aromatic rings. The lowest BCUT2D eigenvalue weighted by atomic mass is 9.35. The minimum Gasteiger partial charge on any atom is -0.481 e. The maximum Gasteiger partial charge on any atom is 0.317 e. The highest BCUT2D eigenvalue weighted by Crippen LogP contribution is 2.76. The first kappa shape index (κ1) is 32.7. The zero-order chi connectivity index (χ0) is 32.0. The lowest BCUT2D eigenvalue weighted by Crippen LogP contribution is -2.67. The molecule has 0 spiro atoms. The van der Waals surface area contributed by atoms with Gasteiger partial charge in [-0.15, -0.1) is 0 Å². The molecule has 4 aliphatic carbocycles. The predicted molar refractivity (Wildman–Crippen MR) is 161 cm³/mol. The number of esters is 2. The first-order valence-electron chi connectivity index (χ1n) is 16.7. The summed E-state index contributed by atoms with van der Waals surface area (Å²) in [5.41, 5.74) is -1.66. The highest BCUT2D eigenvalue weighted by Gasteiger charge is 2.72. The summed E-state index contributed by atoms with van der Waals surface area (Å²) in [6.45, 7) is 19.2. The van der Waals surface area contributed by atoms with Crippen LogP contribution in [0.15, 0.2) is 0 Å². The van der Waals surface area contributed by atoms with Crippen LogP contribution in [-0.4, -0.2) is 57.6 Å². The van der Waals surface area contributed by atoms with E-state index in [1.54, 1.807) is 0 Å². The molecule has 1 aliphatic heterocycles. The van der Waals surface area contributed by atoms with Crippen molar-refractivity contribution in [2.75, 3.05) is 0 Å². The number of carbonyl (C=O) groups excluding carboxylic acids is 2. The van der Waals surface area contributed by atoms with Gasteiger partial charge in [0.2, 0.25) is 0 Å². The lowest BCUT2D eigenvalue weighted by Gasteiger charge is -2.70. The summed E-state index contributed by atoms with van der Waals surface area (Å²) in [6.07, 6.45) is 6.90. The van der Waals surface area contributed by atoms with Crippen LogP contribution in [0.5, 0.6) is 0 Å². The van der Waals surface area contributed by atoms with Gasteiger partial charge in [0.25, 0.3) is 0 Å². The van der Waals surface area contributed by atoms with Crippen molar-refractivity contribution < 1.29 is 38.8 Å². The molecule has 0 amide bonds. The molecule has 43 heavy (non-hydrogen) atoms. The van der Waals surface area contributed by atoms with Crippen molar-refractivity contribution in [1.82, 2.24) is 0 Å². The number of hydrogen-bond acceptors (Lipinski definition) is 7. The highest BCUT2D eigenvalue weighted by molar-refractivity contribution is 5.90. The van der Waals surface area contributed by atoms with Crippen LogP contribution in [-0.2, 0) is 28.6 Å². The quantitative estimate of drug-likeness (QED) is 0.268. The van der Waals surface area contributed by atoms with Gasteiger partial charge in [0.05, 0.1) is 17.3 Å². The molecule has 0 bridgehead atoms. The first-order chi connectivity index (χ1) is 19.7. The van der Waals surface area contributed by atoms with Gasteiger partial charge in [0.1, 0.15) is 18.6 Å². The van der Waals surface area contributed by atoms with Crippen molar-refractivity contribution in [2.24, 2.45) is 45.3 Å². The van der Waals surface area contributed by atoms with Gasteiger partial charge < -0.3 is 24.4 Å². The van der Waals surface area contributed by atoms with Crippen LogP contribution in [0, 0.1) is 45.3 Å². The van der Waals surface area contributed by atoms with Crippen LogP contribution in [0.3, 0.4) is 0 Å². The van der Waals surface area contributed by atoms with Crippen molar-refractivity contribution >= 4 is 17.9 Å². The molecular formula is C35H56O8. The Morgan fingerprint density at radius 2 is 1.51 bits per heavy atom. The van der Waals surface area contributed by atoms with Crippen molar-refractivity contribution in [1.29, 1.82) is 0 Å². The van der Waals surface area contributed by atoms with Gasteiger partial charge in [0.15, 0.2) is 0 Å². The van der Waals surface area contributed by atoms with Crippen molar-refractivity contribution in [3.05, 3.63) is 0 Å². The van der Waals surface area contributed by atoms with Gasteiger partial charge in [-0.2, -0.15) is 0 Å². The largest absolute Gasteiger partial charge is 0.481 e. The lowest BCUT2D eigenvalue weighted by molar-refractivity contribution is -0.254. The minimum absolute atomic E-state index is 0.0296. The molecule has 0 aromatic heterocycles. The van der Waals surface area contributed by atoms with Crippen LogP contribution in [0.2, 0.25) is 0 Å². The van der Waals surface area contributed by atoms with E-state index in [0.717, 1.165) is 51.4 Å². The normalized spacial score (nSPS) is 47.2. The molecular weight excluding hydrogens is 548 g/mol. The average molecular weight is 605 g/mol. The fourth-order valence-electron chi connectivity index (χ4n) is 11.9. The van der Waals surface area contributed by atoms with E-state index < -0.39 is 24.0 Å². The maximum atomic E-state index is 12.6. The Morgan fingerprint density at radius 1 is 0.860 bits per heavy atom. The number of aliphatic carboxylic acids is 1. The van der Waals surface area contributed by atoms with E-state index in [4.69, 9.17) is 19.3 Å². The highest BCUT2D eigenvalue weighted by atomic mass is 16.6. The van der Waals surface area contributed by atoms with Gasteiger partial charge in [-0.25, -0.2) is 0 Å². The van der Waals surface area contributed by atoms with E-state index >= 15 is 0 Å². The second-order valence-electron chi connectivity index (χ2n) is 17.1. The van der Waals surface area contributed by atoms with Crippen molar-refractivity contribution in [3.63, 3.8) is 0 Å². The Kier molecular flexibility index (Phi) is 7.94. The third kappa shape index (κ3) is 5.05. The Balaban J connectivity index is 1.48. The number of aliphatic hydroxyl groups is 1. The van der Waals surface area contributed by atoms with Gasteiger partial charge >= 0.3 is 17.9 Å². The topological polar surface area (TPSA) is 119 Å². The molecule has 0 radical (unpaired) electrons. The monoisotopic (exact) mass is 604 g/mol. The Hall–Kier alpha value is -1.67. The molecule has 1 saturated heterocycles. The van der Waals surface area contributed by atoms with Crippen molar-refractivity contribution in [3.8, 4) is 0 Å². The maximum absolute atomic E-state index is 12.6. The van der Waals surface area contributed by atoms with Gasteiger partial charge in [-0.05, 0) is 113 Å². The van der Waals surface area contributed by atoms with Crippen LogP contribution in [0.25, 0.3) is 0 Å². The van der Waals surface area contributed by atoms with E-state index in [2.05, 4.69) is 41.5 Å². The van der Waals surface area contributed by atoms with Gasteiger partial charge in [-0.1, -0.05) is 34.6 Å². The third-order valence-electron chi connectivity index (χ3n) is 14.1. The first-order valence-corrected chi connectivity index (χ1v) is 16.7. The predicted octanol–water partition coefficient (Wildman–Crippen LogP) is 6.31. The summed E-state index contributed by atoms with van der Waals surface area (Å²) >= 11 is 0. The smallest absolute Gasteiger partial charge is 0.317 e. The van der Waals surface area contributed by atoms with E-state index in [9.17, 15) is 19.5 Å². The number of hydrogen-bond donors (Lipinski definition) is 2. The zero-order valence-electron chi connectivity index (χ0n) is 28.0. The molecule has 11 atom stereocenters. The molecule has 8 heteroatoms. The second kappa shape index (κ2) is 10.4. The second-order valence-corrected chi connectivity index (χ2v) is 17.1. The molecule has 5 rings (SSSR count).